The SMILES string of the molecule is CCCCOc1cccc(CCNC(=O)CCl)c1OCCCC. The minimum Gasteiger partial charge on any atom is -0.490 e. The van der Waals surface area contributed by atoms with Crippen LogP contribution in [0.5, 0.6) is 11.5 Å². The summed E-state index contributed by atoms with van der Waals surface area (Å²) in [4.78, 5) is 11.2. The molecule has 130 valence electrons. The Bertz CT molecular complexity index is 466. The summed E-state index contributed by atoms with van der Waals surface area (Å²) in [6.45, 7) is 6.17. The van der Waals surface area contributed by atoms with E-state index >= 15 is 0 Å². The van der Waals surface area contributed by atoms with Gasteiger partial charge in [-0.1, -0.05) is 38.8 Å². The van der Waals surface area contributed by atoms with Crippen molar-refractivity contribution in [1.82, 2.24) is 5.32 Å². The first kappa shape index (κ1) is 19.6. The summed E-state index contributed by atoms with van der Waals surface area (Å²) < 4.78 is 11.8. The van der Waals surface area contributed by atoms with Crippen molar-refractivity contribution in [3.8, 4) is 11.5 Å². The highest BCUT2D eigenvalue weighted by molar-refractivity contribution is 6.27. The van der Waals surface area contributed by atoms with Crippen molar-refractivity contribution in [3.05, 3.63) is 23.8 Å². The lowest BCUT2D eigenvalue weighted by Crippen LogP contribution is -2.26. The summed E-state index contributed by atoms with van der Waals surface area (Å²) in [6.07, 6.45) is 4.89. The molecule has 1 N–H and O–H groups in total. The van der Waals surface area contributed by atoms with Gasteiger partial charge in [-0.3, -0.25) is 4.79 Å². The van der Waals surface area contributed by atoms with Crippen LogP contribution >= 0.6 is 11.6 Å². The molecule has 0 fully saturated rings. The highest BCUT2D eigenvalue weighted by atomic mass is 35.5. The smallest absolute Gasteiger partial charge is 0.234 e. The lowest BCUT2D eigenvalue weighted by Gasteiger charge is -2.16. The number of amides is 1. The van der Waals surface area contributed by atoms with Gasteiger partial charge in [0.2, 0.25) is 5.91 Å². The Morgan fingerprint density at radius 3 is 2.48 bits per heavy atom. The fraction of sp³-hybridized carbons (Fsp3) is 0.611. The van der Waals surface area contributed by atoms with Gasteiger partial charge in [-0.15, -0.1) is 11.6 Å². The van der Waals surface area contributed by atoms with E-state index in [0.29, 0.717) is 26.2 Å². The number of alkyl halides is 1. The molecule has 1 aromatic rings. The summed E-state index contributed by atoms with van der Waals surface area (Å²) in [5.74, 6) is 1.42. The van der Waals surface area contributed by atoms with Gasteiger partial charge in [0.15, 0.2) is 11.5 Å². The highest BCUT2D eigenvalue weighted by Gasteiger charge is 2.11. The van der Waals surface area contributed by atoms with Gasteiger partial charge in [-0.25, -0.2) is 0 Å². The Hall–Kier alpha value is -1.42. The quantitative estimate of drug-likeness (QED) is 0.462. The molecule has 0 atom stereocenters. The lowest BCUT2D eigenvalue weighted by atomic mass is 10.1. The summed E-state index contributed by atoms with van der Waals surface area (Å²) in [5, 5.41) is 2.78. The number of hydrogen-bond acceptors (Lipinski definition) is 3. The maximum Gasteiger partial charge on any atom is 0.234 e. The van der Waals surface area contributed by atoms with E-state index in [2.05, 4.69) is 19.2 Å². The Morgan fingerprint density at radius 2 is 1.83 bits per heavy atom. The second-order valence-corrected chi connectivity index (χ2v) is 5.65. The first-order valence-electron chi connectivity index (χ1n) is 8.43. The van der Waals surface area contributed by atoms with E-state index in [9.17, 15) is 4.79 Å². The van der Waals surface area contributed by atoms with Crippen molar-refractivity contribution in [2.24, 2.45) is 0 Å². The van der Waals surface area contributed by atoms with Gasteiger partial charge in [0.25, 0.3) is 0 Å². The molecule has 0 saturated carbocycles. The maximum atomic E-state index is 11.2. The molecule has 0 heterocycles. The highest BCUT2D eigenvalue weighted by Crippen LogP contribution is 2.32. The number of hydrogen-bond donors (Lipinski definition) is 1. The lowest BCUT2D eigenvalue weighted by molar-refractivity contribution is -0.118. The first-order valence-corrected chi connectivity index (χ1v) is 8.96. The number of nitrogens with one attached hydrogen (secondary N) is 1. The second kappa shape index (κ2) is 12.1. The number of ether oxygens (including phenoxy) is 2. The monoisotopic (exact) mass is 341 g/mol. The fourth-order valence-electron chi connectivity index (χ4n) is 2.06. The minimum absolute atomic E-state index is 0.0139. The van der Waals surface area contributed by atoms with E-state index in [4.69, 9.17) is 21.1 Å². The molecule has 0 spiro atoms. The van der Waals surface area contributed by atoms with Crippen molar-refractivity contribution >= 4 is 17.5 Å². The fourth-order valence-corrected chi connectivity index (χ4v) is 2.16. The molecule has 1 amide bonds. The standard InChI is InChI=1S/C18H28ClNO3/c1-3-5-12-22-16-9-7-8-15(10-11-20-17(21)14-19)18(16)23-13-6-4-2/h7-9H,3-6,10-14H2,1-2H3,(H,20,21). The van der Waals surface area contributed by atoms with Crippen LogP contribution in [0.1, 0.15) is 45.1 Å². The van der Waals surface area contributed by atoms with Crippen LogP contribution in [0.2, 0.25) is 0 Å². The van der Waals surface area contributed by atoms with Crippen molar-refractivity contribution in [2.75, 3.05) is 25.6 Å². The molecule has 1 aromatic carbocycles. The van der Waals surface area contributed by atoms with E-state index in [1.54, 1.807) is 0 Å². The number of carbonyl (C=O) groups is 1. The van der Waals surface area contributed by atoms with Gasteiger partial charge in [0.1, 0.15) is 5.88 Å². The maximum absolute atomic E-state index is 11.2. The molecule has 0 saturated heterocycles. The van der Waals surface area contributed by atoms with Crippen LogP contribution in [0.4, 0.5) is 0 Å². The van der Waals surface area contributed by atoms with E-state index in [0.717, 1.165) is 42.7 Å². The van der Waals surface area contributed by atoms with Gasteiger partial charge in [0.05, 0.1) is 13.2 Å². The van der Waals surface area contributed by atoms with Crippen molar-refractivity contribution in [1.29, 1.82) is 0 Å². The number of rotatable bonds is 12. The van der Waals surface area contributed by atoms with Gasteiger partial charge < -0.3 is 14.8 Å². The topological polar surface area (TPSA) is 47.6 Å². The van der Waals surface area contributed by atoms with Gasteiger partial charge in [-0.2, -0.15) is 0 Å². The molecule has 23 heavy (non-hydrogen) atoms. The number of para-hydroxylation sites is 1. The van der Waals surface area contributed by atoms with E-state index in [-0.39, 0.29) is 11.8 Å². The zero-order valence-electron chi connectivity index (χ0n) is 14.2. The average Bonchev–Trinajstić information content (AvgIpc) is 2.57. The molecule has 5 heteroatoms. The van der Waals surface area contributed by atoms with Crippen LogP contribution in [0.15, 0.2) is 18.2 Å². The van der Waals surface area contributed by atoms with Crippen LogP contribution in [0.25, 0.3) is 0 Å². The number of halogens is 1. The van der Waals surface area contributed by atoms with E-state index in [1.165, 1.54) is 0 Å². The van der Waals surface area contributed by atoms with E-state index < -0.39 is 0 Å². The Morgan fingerprint density at radius 1 is 1.13 bits per heavy atom. The third kappa shape index (κ3) is 7.60. The van der Waals surface area contributed by atoms with Crippen LogP contribution in [0.3, 0.4) is 0 Å². The summed E-state index contributed by atoms with van der Waals surface area (Å²) >= 11 is 5.49. The zero-order chi connectivity index (χ0) is 16.9. The molecule has 0 aliphatic heterocycles. The third-order valence-electron chi connectivity index (χ3n) is 3.40. The van der Waals surface area contributed by atoms with Gasteiger partial charge >= 0.3 is 0 Å². The number of benzene rings is 1. The zero-order valence-corrected chi connectivity index (χ0v) is 15.0. The predicted octanol–water partition coefficient (Wildman–Crippen LogP) is 3.94. The van der Waals surface area contributed by atoms with E-state index in [1.807, 2.05) is 18.2 Å². The largest absolute Gasteiger partial charge is 0.490 e. The normalized spacial score (nSPS) is 10.4. The average molecular weight is 342 g/mol. The molecule has 1 rings (SSSR count). The van der Waals surface area contributed by atoms with Crippen LogP contribution < -0.4 is 14.8 Å². The number of unbranched alkanes of at least 4 members (excludes halogenated alkanes) is 2. The molecule has 0 unspecified atom stereocenters. The van der Waals surface area contributed by atoms with Crippen molar-refractivity contribution in [2.45, 2.75) is 46.0 Å². The van der Waals surface area contributed by atoms with Gasteiger partial charge in [-0.05, 0) is 30.9 Å². The Balaban J connectivity index is 2.75. The molecular weight excluding hydrogens is 314 g/mol. The molecule has 0 bridgehead atoms. The van der Waals surface area contributed by atoms with Crippen LogP contribution in [-0.2, 0) is 11.2 Å². The predicted molar refractivity (Wildman–Crippen MR) is 94.7 cm³/mol. The number of carbonyl (C=O) groups excluding carboxylic acids is 1. The summed E-state index contributed by atoms with van der Waals surface area (Å²) in [5.41, 5.74) is 1.05. The molecule has 0 aliphatic rings. The molecule has 0 aromatic heterocycles. The Labute approximate surface area is 144 Å². The molecular formula is C18H28ClNO3. The molecule has 0 aliphatic carbocycles. The van der Waals surface area contributed by atoms with Crippen molar-refractivity contribution < 1.29 is 14.3 Å². The Kier molecular flexibility index (Phi) is 10.3. The second-order valence-electron chi connectivity index (χ2n) is 5.38. The first-order chi connectivity index (χ1) is 11.2. The van der Waals surface area contributed by atoms with Crippen molar-refractivity contribution in [3.63, 3.8) is 0 Å². The van der Waals surface area contributed by atoms with Crippen LogP contribution in [0, 0.1) is 0 Å². The minimum atomic E-state index is -0.157. The summed E-state index contributed by atoms with van der Waals surface area (Å²) in [6, 6.07) is 5.92. The van der Waals surface area contributed by atoms with Crippen LogP contribution in [-0.4, -0.2) is 31.5 Å². The molecule has 4 nitrogen and oxygen atoms in total. The molecule has 0 radical (unpaired) electrons. The van der Waals surface area contributed by atoms with Gasteiger partial charge in [0, 0.05) is 6.54 Å². The third-order valence-corrected chi connectivity index (χ3v) is 3.64. The summed E-state index contributed by atoms with van der Waals surface area (Å²) in [7, 11) is 0.